The van der Waals surface area contributed by atoms with Crippen molar-refractivity contribution in [2.24, 2.45) is 0 Å². The van der Waals surface area contributed by atoms with E-state index in [1.807, 2.05) is 0 Å². The summed E-state index contributed by atoms with van der Waals surface area (Å²) in [4.78, 5) is 0. The second-order valence-electron chi connectivity index (χ2n) is 10.6. The summed E-state index contributed by atoms with van der Waals surface area (Å²) < 4.78 is 4.13. The van der Waals surface area contributed by atoms with Crippen molar-refractivity contribution in [1.82, 2.24) is 0 Å². The van der Waals surface area contributed by atoms with Crippen LogP contribution < -0.4 is 6.25 Å². The van der Waals surface area contributed by atoms with Crippen LogP contribution in [0, 0.1) is 0 Å². The van der Waals surface area contributed by atoms with Crippen molar-refractivity contribution in [1.29, 1.82) is 0 Å². The number of benzene rings is 2. The van der Waals surface area contributed by atoms with Gasteiger partial charge in [-0.05, 0) is 0 Å². The molecule has 0 bridgehead atoms. The van der Waals surface area contributed by atoms with Gasteiger partial charge in [0.15, 0.2) is 0 Å². The third-order valence-electron chi connectivity index (χ3n) is 5.87. The van der Waals surface area contributed by atoms with Crippen molar-refractivity contribution in [3.63, 3.8) is 0 Å². The van der Waals surface area contributed by atoms with Crippen molar-refractivity contribution >= 4 is 53.2 Å². The molecule has 0 aliphatic rings. The number of hydrogen-bond acceptors (Lipinski definition) is 0. The summed E-state index contributed by atoms with van der Waals surface area (Å²) in [6.45, 7) is 24.3. The molecule has 0 saturated heterocycles. The fraction of sp³-hybridized carbons (Fsp3) is 0.455. The molecule has 0 saturated carbocycles. The number of hydrogen-bond donors (Lipinski definition) is 0. The first-order valence-corrected chi connectivity index (χ1v) is 26.2. The van der Waals surface area contributed by atoms with Gasteiger partial charge >= 0.3 is 175 Å². The Hall–Kier alpha value is 0.0127. The van der Waals surface area contributed by atoms with E-state index in [0.717, 1.165) is 0 Å². The van der Waals surface area contributed by atoms with E-state index >= 15 is 0 Å². The SMILES string of the molecule is C[Si](C)(C)[C]([Pb]([c]1ccccc1)[c]1ccccc1)([Si](C)(C)C)[Si](C)(C)C. The predicted octanol–water partition coefficient (Wildman–Crippen LogP) is 5.67. The molecule has 0 aliphatic heterocycles. The summed E-state index contributed by atoms with van der Waals surface area (Å²) in [7, 11) is -4.25. The molecule has 2 aromatic rings. The minimum atomic E-state index is -2.40. The molecule has 2 rings (SSSR count). The minimum absolute atomic E-state index is 0.667. The monoisotopic (exact) mass is 593 g/mol. The molecular formula is C22H37PbSi3. The van der Waals surface area contributed by atoms with Crippen LogP contribution in [0.4, 0.5) is 0 Å². The Morgan fingerprint density at radius 2 is 0.769 bits per heavy atom. The van der Waals surface area contributed by atoms with Crippen molar-refractivity contribution in [3.8, 4) is 0 Å². The molecule has 4 heteroatoms. The number of rotatable bonds is 6. The molecule has 26 heavy (non-hydrogen) atoms. The molecule has 0 fully saturated rings. The predicted molar refractivity (Wildman–Crippen MR) is 131 cm³/mol. The van der Waals surface area contributed by atoms with E-state index in [4.69, 9.17) is 0 Å². The quantitative estimate of drug-likeness (QED) is 0.380. The zero-order valence-electron chi connectivity index (χ0n) is 18.3. The van der Waals surface area contributed by atoms with Crippen LogP contribution in [0.2, 0.25) is 60.8 Å². The van der Waals surface area contributed by atoms with E-state index in [2.05, 4.69) is 120 Å². The van der Waals surface area contributed by atoms with Gasteiger partial charge in [-0.2, -0.15) is 0 Å². The van der Waals surface area contributed by atoms with Crippen LogP contribution in [-0.2, 0) is 0 Å². The molecule has 1 radical (unpaired) electrons. The van der Waals surface area contributed by atoms with Gasteiger partial charge in [-0.25, -0.2) is 0 Å². The van der Waals surface area contributed by atoms with Gasteiger partial charge in [-0.1, -0.05) is 0 Å². The van der Waals surface area contributed by atoms with Gasteiger partial charge in [0, 0.05) is 0 Å². The molecule has 0 amide bonds. The van der Waals surface area contributed by atoms with Gasteiger partial charge in [-0.15, -0.1) is 0 Å². The normalized spacial score (nSPS) is 13.9. The Balaban J connectivity index is 2.96. The average Bonchev–Trinajstić information content (AvgIpc) is 2.50. The van der Waals surface area contributed by atoms with Gasteiger partial charge in [0.2, 0.25) is 0 Å². The Labute approximate surface area is 173 Å². The van der Waals surface area contributed by atoms with Crippen LogP contribution in [0.5, 0.6) is 0 Å². The Morgan fingerprint density at radius 1 is 0.500 bits per heavy atom. The zero-order chi connectivity index (χ0) is 19.8. The van der Waals surface area contributed by atoms with Crippen LogP contribution in [0.25, 0.3) is 0 Å². The summed E-state index contributed by atoms with van der Waals surface area (Å²) in [6, 6.07) is 23.4. The fourth-order valence-corrected chi connectivity index (χ4v) is 78.1. The first-order valence-electron chi connectivity index (χ1n) is 9.82. The summed E-state index contributed by atoms with van der Waals surface area (Å²) in [6.07, 6.45) is 0. The van der Waals surface area contributed by atoms with E-state index in [1.54, 1.807) is 6.25 Å². The molecule has 0 atom stereocenters. The summed E-state index contributed by atoms with van der Waals surface area (Å²) in [5.74, 6) is 0. The Bertz CT molecular complexity index is 631. The van der Waals surface area contributed by atoms with Gasteiger partial charge in [0.1, 0.15) is 0 Å². The molecule has 0 spiro atoms. The molecule has 2 aromatic carbocycles. The van der Waals surface area contributed by atoms with Crippen LogP contribution in [0.3, 0.4) is 0 Å². The molecule has 0 heterocycles. The second kappa shape index (κ2) is 7.80. The first-order chi connectivity index (χ1) is 11.8. The molecule has 0 aliphatic carbocycles. The third-order valence-corrected chi connectivity index (χ3v) is 68.9. The topological polar surface area (TPSA) is 0 Å². The van der Waals surface area contributed by atoms with Crippen molar-refractivity contribution in [2.45, 2.75) is 60.8 Å². The van der Waals surface area contributed by atoms with Gasteiger partial charge in [0.25, 0.3) is 0 Å². The van der Waals surface area contributed by atoms with E-state index in [1.165, 1.54) is 0 Å². The first kappa shape index (κ1) is 22.3. The Morgan fingerprint density at radius 3 is 1.00 bits per heavy atom. The summed E-state index contributed by atoms with van der Waals surface area (Å²) >= 11 is -2.40. The standard InChI is InChI=1S/C10H27Si3.2C6H5.Pb/c1-11(2,3)10(12(4,5)6)13(7,8)9;2*1-2-4-6-5-3-1;/h1-9H3;2*1-5H;. The molecule has 0 N–H and O–H groups in total. The molecule has 141 valence electrons. The van der Waals surface area contributed by atoms with E-state index in [-0.39, 0.29) is 0 Å². The van der Waals surface area contributed by atoms with E-state index in [0.29, 0.717) is 1.84 Å². The molecule has 0 aromatic heterocycles. The van der Waals surface area contributed by atoms with Crippen LogP contribution >= 0.6 is 0 Å². The van der Waals surface area contributed by atoms with Crippen molar-refractivity contribution in [2.75, 3.05) is 0 Å². The molecular weight excluding hydrogens is 556 g/mol. The summed E-state index contributed by atoms with van der Waals surface area (Å²) in [5, 5.41) is 0. The van der Waals surface area contributed by atoms with E-state index in [9.17, 15) is 0 Å². The Kier molecular flexibility index (Phi) is 6.69. The maximum absolute atomic E-state index is 2.69. The van der Waals surface area contributed by atoms with Crippen LogP contribution in [0.15, 0.2) is 60.7 Å². The molecule has 0 unspecified atom stereocenters. The van der Waals surface area contributed by atoms with Crippen LogP contribution in [0.1, 0.15) is 0 Å². The van der Waals surface area contributed by atoms with E-state index < -0.39 is 46.9 Å². The van der Waals surface area contributed by atoms with Crippen molar-refractivity contribution in [3.05, 3.63) is 60.7 Å². The second-order valence-corrected chi connectivity index (χ2v) is 44.0. The molecule has 0 nitrogen and oxygen atoms in total. The van der Waals surface area contributed by atoms with Crippen LogP contribution in [-0.4, -0.2) is 46.9 Å². The van der Waals surface area contributed by atoms with Gasteiger partial charge in [0.05, 0.1) is 0 Å². The maximum atomic E-state index is 2.69. The van der Waals surface area contributed by atoms with Gasteiger partial charge in [-0.3, -0.25) is 0 Å². The average molecular weight is 593 g/mol. The zero-order valence-corrected chi connectivity index (χ0v) is 25.2. The van der Waals surface area contributed by atoms with Gasteiger partial charge < -0.3 is 0 Å². The fourth-order valence-electron chi connectivity index (χ4n) is 6.31. The third kappa shape index (κ3) is 3.91. The summed E-state index contributed by atoms with van der Waals surface area (Å²) in [5.41, 5.74) is 0. The van der Waals surface area contributed by atoms with Crippen molar-refractivity contribution < 1.29 is 0 Å².